The standard InChI is InChI=1S/C39H45ClN12O5/c1-41-32(54)22-57-30-18-24-17-25(19-42-36(24)48(2)38(30)56)44-35-28(40)20-43-39(46-35)52-11-9-23(10-12-52)21-50-13-15-51(16-14-50)29-6-4-5-26-33(47-49(3)34(26)29)27-7-8-31(53)45-37(27)55/h4-6,17-20,23,27H,7-16,21-22H2,1-3H3,(H,41,54)(H,43,44,46)(H,45,53,55). The predicted octanol–water partition coefficient (Wildman–Crippen LogP) is 2.69. The van der Waals surface area contributed by atoms with Crippen molar-refractivity contribution in [3.8, 4) is 5.75 Å². The zero-order valence-electron chi connectivity index (χ0n) is 32.1. The van der Waals surface area contributed by atoms with Crippen molar-refractivity contribution in [3.63, 3.8) is 0 Å². The highest BCUT2D eigenvalue weighted by molar-refractivity contribution is 6.33. The summed E-state index contributed by atoms with van der Waals surface area (Å²) < 4.78 is 8.74. The van der Waals surface area contributed by atoms with Gasteiger partial charge < -0.3 is 25.2 Å². The Balaban J connectivity index is 0.866. The number of piperazine rings is 1. The van der Waals surface area contributed by atoms with Crippen LogP contribution in [0, 0.1) is 5.92 Å². The average molecular weight is 797 g/mol. The van der Waals surface area contributed by atoms with Gasteiger partial charge in [0, 0.05) is 84.1 Å². The first-order valence-corrected chi connectivity index (χ1v) is 19.6. The smallest absolute Gasteiger partial charge is 0.294 e. The van der Waals surface area contributed by atoms with E-state index in [1.54, 1.807) is 25.5 Å². The maximum Gasteiger partial charge on any atom is 0.294 e. The number of nitrogens with zero attached hydrogens (tertiary/aromatic N) is 9. The van der Waals surface area contributed by atoms with E-state index in [1.165, 1.54) is 11.6 Å². The Morgan fingerprint density at radius 1 is 0.982 bits per heavy atom. The van der Waals surface area contributed by atoms with Crippen LogP contribution >= 0.6 is 11.6 Å². The predicted molar refractivity (Wildman–Crippen MR) is 216 cm³/mol. The molecule has 1 atom stereocenters. The monoisotopic (exact) mass is 796 g/mol. The zero-order chi connectivity index (χ0) is 39.8. The molecule has 3 N–H and O–H groups in total. The Morgan fingerprint density at radius 2 is 1.77 bits per heavy atom. The number of hydrogen-bond acceptors (Lipinski definition) is 13. The molecule has 57 heavy (non-hydrogen) atoms. The first-order chi connectivity index (χ1) is 27.6. The van der Waals surface area contributed by atoms with Gasteiger partial charge in [0.05, 0.1) is 40.9 Å². The zero-order valence-corrected chi connectivity index (χ0v) is 32.9. The lowest BCUT2D eigenvalue weighted by atomic mass is 9.92. The second-order valence-electron chi connectivity index (χ2n) is 14.9. The van der Waals surface area contributed by atoms with E-state index < -0.39 is 11.5 Å². The largest absolute Gasteiger partial charge is 0.478 e. The number of aryl methyl sites for hydroxylation is 2. The lowest BCUT2D eigenvalue weighted by Gasteiger charge is -2.39. The normalized spacial score (nSPS) is 18.3. The molecule has 3 aliphatic rings. The van der Waals surface area contributed by atoms with E-state index in [4.69, 9.17) is 26.4 Å². The highest BCUT2D eigenvalue weighted by atomic mass is 35.5. The van der Waals surface area contributed by atoms with Crippen LogP contribution in [0.2, 0.25) is 5.02 Å². The van der Waals surface area contributed by atoms with Crippen LogP contribution in [0.4, 0.5) is 23.1 Å². The molecular formula is C39H45ClN12O5. The molecule has 0 aliphatic carbocycles. The third kappa shape index (κ3) is 7.81. The molecule has 3 amide bonds. The minimum atomic E-state index is -0.429. The van der Waals surface area contributed by atoms with Crippen LogP contribution in [0.3, 0.4) is 0 Å². The number of piperidine rings is 2. The van der Waals surface area contributed by atoms with Gasteiger partial charge >= 0.3 is 0 Å². The maximum atomic E-state index is 12.8. The number of nitrogens with one attached hydrogen (secondary N) is 3. The minimum absolute atomic E-state index is 0.0441. The molecule has 7 heterocycles. The topological polar surface area (TPSA) is 185 Å². The molecule has 0 saturated carbocycles. The van der Waals surface area contributed by atoms with Crippen LogP contribution in [-0.2, 0) is 28.5 Å². The Hall–Kier alpha value is -5.81. The summed E-state index contributed by atoms with van der Waals surface area (Å²) in [6.45, 7) is 6.10. The van der Waals surface area contributed by atoms with Crippen LogP contribution in [0.25, 0.3) is 21.9 Å². The minimum Gasteiger partial charge on any atom is -0.478 e. The first-order valence-electron chi connectivity index (χ1n) is 19.2. The lowest BCUT2D eigenvalue weighted by molar-refractivity contribution is -0.134. The fourth-order valence-electron chi connectivity index (χ4n) is 8.11. The van der Waals surface area contributed by atoms with E-state index in [1.807, 2.05) is 29.9 Å². The van der Waals surface area contributed by atoms with Gasteiger partial charge in [-0.05, 0) is 43.4 Å². The molecule has 8 rings (SSSR count). The summed E-state index contributed by atoms with van der Waals surface area (Å²) in [6, 6.07) is 9.58. The van der Waals surface area contributed by atoms with Gasteiger partial charge in [0.1, 0.15) is 10.7 Å². The number of aromatic nitrogens is 6. The van der Waals surface area contributed by atoms with E-state index in [9.17, 15) is 19.2 Å². The SMILES string of the molecule is CNC(=O)COc1cc2cc(Nc3nc(N4CCC(CN5CCN(c6cccc7c(C8CCC(=O)NC8=O)nn(C)c67)CC5)CC4)ncc3Cl)cnc2n(C)c1=O. The summed E-state index contributed by atoms with van der Waals surface area (Å²) in [5, 5.41) is 14.9. The fraction of sp³-hybridized carbons (Fsp3) is 0.436. The molecule has 3 saturated heterocycles. The van der Waals surface area contributed by atoms with E-state index in [0.29, 0.717) is 52.3 Å². The number of rotatable bonds is 10. The molecule has 1 unspecified atom stereocenters. The summed E-state index contributed by atoms with van der Waals surface area (Å²) in [6.07, 6.45) is 6.04. The molecular weight excluding hydrogens is 752 g/mol. The number of imide groups is 1. The third-order valence-electron chi connectivity index (χ3n) is 11.2. The average Bonchev–Trinajstić information content (AvgIpc) is 3.55. The van der Waals surface area contributed by atoms with Gasteiger partial charge in [-0.15, -0.1) is 0 Å². The molecule has 1 aromatic carbocycles. The number of fused-ring (bicyclic) bond motifs is 2. The molecule has 18 heteroatoms. The van der Waals surface area contributed by atoms with Crippen molar-refractivity contribution < 1.29 is 19.1 Å². The Bertz CT molecular complexity index is 2420. The number of hydrogen-bond donors (Lipinski definition) is 3. The molecule has 3 aliphatic heterocycles. The molecule has 0 bridgehead atoms. The van der Waals surface area contributed by atoms with Crippen molar-refractivity contribution in [3.05, 3.63) is 63.8 Å². The van der Waals surface area contributed by atoms with E-state index in [2.05, 4.69) is 46.7 Å². The molecule has 0 spiro atoms. The van der Waals surface area contributed by atoms with Crippen molar-refractivity contribution in [2.75, 3.05) is 74.6 Å². The van der Waals surface area contributed by atoms with E-state index in [-0.39, 0.29) is 30.1 Å². The van der Waals surface area contributed by atoms with Crippen molar-refractivity contribution >= 4 is 74.4 Å². The van der Waals surface area contributed by atoms with Gasteiger partial charge in [-0.3, -0.25) is 38.6 Å². The second kappa shape index (κ2) is 16.0. The van der Waals surface area contributed by atoms with E-state index in [0.717, 1.165) is 80.9 Å². The van der Waals surface area contributed by atoms with Gasteiger partial charge in [0.25, 0.3) is 11.5 Å². The van der Waals surface area contributed by atoms with Crippen molar-refractivity contribution in [1.82, 2.24) is 44.8 Å². The van der Waals surface area contributed by atoms with Crippen LogP contribution < -0.4 is 36.0 Å². The highest BCUT2D eigenvalue weighted by Crippen LogP contribution is 2.35. The van der Waals surface area contributed by atoms with Crippen LogP contribution in [-0.4, -0.2) is 111 Å². The van der Waals surface area contributed by atoms with Crippen LogP contribution in [0.15, 0.2) is 47.5 Å². The van der Waals surface area contributed by atoms with Crippen LogP contribution in [0.1, 0.15) is 37.3 Å². The summed E-state index contributed by atoms with van der Waals surface area (Å²) >= 11 is 6.55. The molecule has 5 aromatic rings. The van der Waals surface area contributed by atoms with Gasteiger partial charge in [0.15, 0.2) is 18.2 Å². The van der Waals surface area contributed by atoms with Gasteiger partial charge in [0.2, 0.25) is 17.8 Å². The lowest BCUT2D eigenvalue weighted by Crippen LogP contribution is -2.49. The quantitative estimate of drug-likeness (QED) is 0.176. The number of pyridine rings is 2. The highest BCUT2D eigenvalue weighted by Gasteiger charge is 2.33. The summed E-state index contributed by atoms with van der Waals surface area (Å²) in [5.74, 6) is 0.368. The Kier molecular flexibility index (Phi) is 10.7. The number of ether oxygens (including phenoxy) is 1. The number of anilines is 4. The molecule has 17 nitrogen and oxygen atoms in total. The summed E-state index contributed by atoms with van der Waals surface area (Å²) in [7, 11) is 5.03. The van der Waals surface area contributed by atoms with Crippen molar-refractivity contribution in [2.45, 2.75) is 31.6 Å². The molecule has 4 aromatic heterocycles. The number of carbonyl (C=O) groups is 3. The van der Waals surface area contributed by atoms with Crippen molar-refractivity contribution in [1.29, 1.82) is 0 Å². The van der Waals surface area contributed by atoms with Gasteiger partial charge in [-0.1, -0.05) is 23.7 Å². The molecule has 3 fully saturated rings. The summed E-state index contributed by atoms with van der Waals surface area (Å²) in [4.78, 5) is 69.9. The number of para-hydroxylation sites is 1. The number of likely N-dealkylation sites (N-methyl/N-ethyl adjacent to an activating group) is 1. The van der Waals surface area contributed by atoms with Gasteiger partial charge in [-0.2, -0.15) is 10.1 Å². The number of halogens is 1. The van der Waals surface area contributed by atoms with Gasteiger partial charge in [-0.25, -0.2) is 9.97 Å². The fourth-order valence-corrected chi connectivity index (χ4v) is 8.25. The number of carbonyl (C=O) groups excluding carboxylic acids is 3. The van der Waals surface area contributed by atoms with E-state index >= 15 is 0 Å². The molecule has 298 valence electrons. The van der Waals surface area contributed by atoms with Crippen LogP contribution in [0.5, 0.6) is 5.75 Å². The maximum absolute atomic E-state index is 12.8. The third-order valence-corrected chi connectivity index (χ3v) is 11.5. The van der Waals surface area contributed by atoms with Crippen molar-refractivity contribution in [2.24, 2.45) is 20.0 Å². The Labute approximate surface area is 333 Å². The first kappa shape index (κ1) is 38.1. The second-order valence-corrected chi connectivity index (χ2v) is 15.3. The Morgan fingerprint density at radius 3 is 2.53 bits per heavy atom. The number of amides is 3. The number of benzene rings is 1. The summed E-state index contributed by atoms with van der Waals surface area (Å²) in [5.41, 5.74) is 3.54. The molecule has 0 radical (unpaired) electrons.